The molecule has 25 heavy (non-hydrogen) atoms. The largest absolute Gasteiger partial charge is 0.548 e. The Balaban J connectivity index is 1.59. The van der Waals surface area contributed by atoms with E-state index in [1.807, 2.05) is 18.2 Å². The van der Waals surface area contributed by atoms with Crippen LogP contribution in [0.25, 0.3) is 0 Å². The molecule has 1 saturated carbocycles. The zero-order chi connectivity index (χ0) is 17.8. The molecule has 1 aromatic carbocycles. The molecular weight excluding hydrogens is 320 g/mol. The normalized spacial score (nSPS) is 28.9. The summed E-state index contributed by atoms with van der Waals surface area (Å²) >= 11 is 0. The highest BCUT2D eigenvalue weighted by molar-refractivity contribution is 5.79. The molecule has 3 rings (SSSR count). The van der Waals surface area contributed by atoms with E-state index in [0.29, 0.717) is 30.8 Å². The van der Waals surface area contributed by atoms with Gasteiger partial charge in [-0.3, -0.25) is 4.90 Å². The first-order chi connectivity index (χ1) is 12.1. The number of nitrogens with zero attached hydrogens (tertiary/aromatic N) is 1. The second-order valence-corrected chi connectivity index (χ2v) is 7.09. The monoisotopic (exact) mass is 345 g/mol. The molecule has 1 aliphatic carbocycles. The lowest BCUT2D eigenvalue weighted by Gasteiger charge is -2.47. The number of piperidine rings is 1. The summed E-state index contributed by atoms with van der Waals surface area (Å²) in [7, 11) is 1.28. The van der Waals surface area contributed by atoms with E-state index in [9.17, 15) is 14.7 Å². The minimum atomic E-state index is -1.19. The Morgan fingerprint density at radius 3 is 2.64 bits per heavy atom. The predicted octanol–water partition coefficient (Wildman–Crippen LogP) is 1.15. The van der Waals surface area contributed by atoms with Crippen molar-refractivity contribution >= 4 is 12.1 Å². The van der Waals surface area contributed by atoms with Crippen LogP contribution >= 0.6 is 0 Å². The number of methoxy groups -OCH3 is 1. The molecule has 4 unspecified atom stereocenters. The van der Waals surface area contributed by atoms with E-state index in [4.69, 9.17) is 4.74 Å². The van der Waals surface area contributed by atoms with E-state index < -0.39 is 18.1 Å². The lowest BCUT2D eigenvalue weighted by Crippen LogP contribution is -2.58. The topological polar surface area (TPSA) is 81.7 Å². The number of aliphatic carboxylic acids is 1. The molecule has 0 aromatic heterocycles. The van der Waals surface area contributed by atoms with Crippen molar-refractivity contribution in [3.63, 3.8) is 0 Å². The van der Waals surface area contributed by atoms with Crippen LogP contribution in [0.1, 0.15) is 31.2 Å². The van der Waals surface area contributed by atoms with Crippen LogP contribution in [-0.4, -0.2) is 42.7 Å². The maximum Gasteiger partial charge on any atom is 0.410 e. The Morgan fingerprint density at radius 1 is 1.20 bits per heavy atom. The average molecular weight is 345 g/mol. The average Bonchev–Trinajstić information content (AvgIpc) is 2.65. The fraction of sp³-hybridized carbons (Fsp3) is 0.579. The van der Waals surface area contributed by atoms with E-state index >= 15 is 0 Å². The summed E-state index contributed by atoms with van der Waals surface area (Å²) in [5.74, 6) is -0.557. The quantitative estimate of drug-likeness (QED) is 0.885. The van der Waals surface area contributed by atoms with Gasteiger partial charge in [-0.15, -0.1) is 0 Å². The maximum absolute atomic E-state index is 11.9. The minimum absolute atomic E-state index is 0.297. The van der Waals surface area contributed by atoms with Crippen molar-refractivity contribution in [1.82, 2.24) is 10.2 Å². The second kappa shape index (κ2) is 7.87. The first-order valence-corrected chi connectivity index (χ1v) is 8.91. The fourth-order valence-corrected chi connectivity index (χ4v) is 4.24. The number of carbonyl (C=O) groups is 2. The van der Waals surface area contributed by atoms with Crippen molar-refractivity contribution in [2.24, 2.45) is 11.8 Å². The van der Waals surface area contributed by atoms with Gasteiger partial charge >= 0.3 is 6.09 Å². The number of fused-ring (bicyclic) bond motifs is 1. The summed E-state index contributed by atoms with van der Waals surface area (Å²) in [6.45, 7) is 1.27. The van der Waals surface area contributed by atoms with Gasteiger partial charge in [0.25, 0.3) is 0 Å². The number of hydrogen-bond donors (Lipinski definition) is 1. The van der Waals surface area contributed by atoms with Gasteiger partial charge in [-0.25, -0.2) is 4.79 Å². The van der Waals surface area contributed by atoms with Gasteiger partial charge in [-0.05, 0) is 43.1 Å². The summed E-state index contributed by atoms with van der Waals surface area (Å²) in [5.41, 5.74) is 1.25. The SMILES string of the molecule is COC(=O)N1CC2CCC(NCc3ccccc3)CC2CC1C(=O)[O-]. The molecular formula is C19H25N2O4-. The number of likely N-dealkylation sites (tertiary alicyclic amines) is 1. The van der Waals surface area contributed by atoms with Crippen LogP contribution in [0, 0.1) is 11.8 Å². The van der Waals surface area contributed by atoms with E-state index in [0.717, 1.165) is 25.8 Å². The van der Waals surface area contributed by atoms with Crippen molar-refractivity contribution in [2.45, 2.75) is 44.3 Å². The maximum atomic E-state index is 11.9. The van der Waals surface area contributed by atoms with Crippen molar-refractivity contribution in [3.8, 4) is 0 Å². The van der Waals surface area contributed by atoms with Gasteiger partial charge in [-0.2, -0.15) is 0 Å². The van der Waals surface area contributed by atoms with Gasteiger partial charge in [0.15, 0.2) is 0 Å². The standard InChI is InChI=1S/C19H26N2O4/c1-25-19(24)21-12-14-7-8-16(9-15(14)10-17(21)18(22)23)20-11-13-5-3-2-4-6-13/h2-6,14-17,20H,7-12H2,1H3,(H,22,23)/p-1. The van der Waals surface area contributed by atoms with Crippen LogP contribution in [0.5, 0.6) is 0 Å². The molecule has 2 fully saturated rings. The number of carboxylic acids is 1. The summed E-state index contributed by atoms with van der Waals surface area (Å²) in [6, 6.07) is 9.75. The molecule has 2 aliphatic rings. The molecule has 136 valence electrons. The van der Waals surface area contributed by atoms with E-state index in [-0.39, 0.29) is 0 Å². The van der Waals surface area contributed by atoms with E-state index in [1.54, 1.807) is 0 Å². The molecule has 1 saturated heterocycles. The van der Waals surface area contributed by atoms with Crippen LogP contribution in [0.3, 0.4) is 0 Å². The number of nitrogens with one attached hydrogen (secondary N) is 1. The molecule has 1 N–H and O–H groups in total. The third kappa shape index (κ3) is 4.12. The molecule has 1 heterocycles. The number of rotatable bonds is 4. The van der Waals surface area contributed by atoms with E-state index in [2.05, 4.69) is 17.4 Å². The molecule has 1 amide bonds. The lowest BCUT2D eigenvalue weighted by molar-refractivity contribution is -0.312. The minimum Gasteiger partial charge on any atom is -0.548 e. The lowest BCUT2D eigenvalue weighted by atomic mass is 9.71. The molecule has 1 aromatic rings. The summed E-state index contributed by atoms with van der Waals surface area (Å²) in [4.78, 5) is 24.7. The van der Waals surface area contributed by atoms with Crippen molar-refractivity contribution in [2.75, 3.05) is 13.7 Å². The number of carbonyl (C=O) groups excluding carboxylic acids is 2. The van der Waals surface area contributed by atoms with Crippen molar-refractivity contribution < 1.29 is 19.4 Å². The second-order valence-electron chi connectivity index (χ2n) is 7.09. The number of hydrogen-bond acceptors (Lipinski definition) is 5. The summed E-state index contributed by atoms with van der Waals surface area (Å²) in [6.07, 6.45) is 2.85. The molecule has 0 bridgehead atoms. The van der Waals surface area contributed by atoms with Crippen molar-refractivity contribution in [3.05, 3.63) is 35.9 Å². The molecule has 1 aliphatic heterocycles. The molecule has 6 heteroatoms. The van der Waals surface area contributed by atoms with Crippen LogP contribution in [0.2, 0.25) is 0 Å². The Hall–Kier alpha value is -2.08. The first-order valence-electron chi connectivity index (χ1n) is 8.91. The number of carboxylic acid groups (broad SMARTS) is 1. The number of ether oxygens (including phenoxy) is 1. The Bertz CT molecular complexity index is 607. The third-order valence-corrected chi connectivity index (χ3v) is 5.59. The van der Waals surface area contributed by atoms with E-state index in [1.165, 1.54) is 17.6 Å². The van der Waals surface area contributed by atoms with Crippen molar-refractivity contribution in [1.29, 1.82) is 0 Å². The zero-order valence-electron chi connectivity index (χ0n) is 14.5. The Labute approximate surface area is 148 Å². The summed E-state index contributed by atoms with van der Waals surface area (Å²) in [5, 5.41) is 15.1. The molecule has 0 radical (unpaired) electrons. The highest BCUT2D eigenvalue weighted by Gasteiger charge is 2.41. The van der Waals surface area contributed by atoms with Gasteiger partial charge in [0, 0.05) is 19.1 Å². The van der Waals surface area contributed by atoms with Crippen LogP contribution in [0.15, 0.2) is 30.3 Å². The Morgan fingerprint density at radius 2 is 1.96 bits per heavy atom. The van der Waals surface area contributed by atoms with Crippen LogP contribution in [0.4, 0.5) is 4.79 Å². The number of amides is 1. The molecule has 4 atom stereocenters. The number of benzene rings is 1. The smallest absolute Gasteiger partial charge is 0.410 e. The van der Waals surface area contributed by atoms with Crippen LogP contribution < -0.4 is 10.4 Å². The summed E-state index contributed by atoms with van der Waals surface area (Å²) < 4.78 is 4.74. The predicted molar refractivity (Wildman–Crippen MR) is 90.4 cm³/mol. The molecule has 6 nitrogen and oxygen atoms in total. The molecule has 0 spiro atoms. The third-order valence-electron chi connectivity index (χ3n) is 5.59. The van der Waals surface area contributed by atoms with Gasteiger partial charge < -0.3 is 20.0 Å². The van der Waals surface area contributed by atoms with Crippen LogP contribution in [-0.2, 0) is 16.1 Å². The Kier molecular flexibility index (Phi) is 5.58. The highest BCUT2D eigenvalue weighted by Crippen LogP contribution is 2.39. The zero-order valence-corrected chi connectivity index (χ0v) is 14.5. The van der Waals surface area contributed by atoms with Gasteiger partial charge in [0.05, 0.1) is 19.1 Å². The van der Waals surface area contributed by atoms with Gasteiger partial charge in [0.1, 0.15) is 0 Å². The van der Waals surface area contributed by atoms with Gasteiger partial charge in [-0.1, -0.05) is 30.3 Å². The fourth-order valence-electron chi connectivity index (χ4n) is 4.24. The van der Waals surface area contributed by atoms with Gasteiger partial charge in [0.2, 0.25) is 0 Å². The first kappa shape index (κ1) is 17.7. The highest BCUT2D eigenvalue weighted by atomic mass is 16.5.